The number of halogens is 1. The Kier molecular flexibility index (Phi) is 4.37. The van der Waals surface area contributed by atoms with Gasteiger partial charge in [0, 0.05) is 28.4 Å². The van der Waals surface area contributed by atoms with Crippen molar-refractivity contribution < 1.29 is 17.5 Å². The Morgan fingerprint density at radius 3 is 2.36 bits per heavy atom. The van der Waals surface area contributed by atoms with Gasteiger partial charge in [0.25, 0.3) is 0 Å². The highest BCUT2D eigenvalue weighted by atomic mass is 19.1. The molecule has 0 saturated heterocycles. The molecule has 3 nitrogen and oxygen atoms in total. The van der Waals surface area contributed by atoms with Crippen LogP contribution < -0.4 is 4.57 Å². The van der Waals surface area contributed by atoms with E-state index in [2.05, 4.69) is 17.0 Å². The number of nitrogens with zero attached hydrogens (tertiary/aromatic N) is 2. The monoisotopic (exact) mass is 472 g/mol. The topological polar surface area (TPSA) is 21.4 Å². The summed E-state index contributed by atoms with van der Waals surface area (Å²) in [5.41, 5.74) is 6.60. The number of hydrogen-bond acceptors (Lipinski definition) is 1. The Hall–Kier alpha value is -4.75. The highest BCUT2D eigenvalue weighted by Crippen LogP contribution is 2.44. The third-order valence-corrected chi connectivity index (χ3v) is 6.53. The van der Waals surface area contributed by atoms with Crippen molar-refractivity contribution in [3.05, 3.63) is 120 Å². The molecule has 0 spiro atoms. The number of fused-ring (bicyclic) bond motifs is 3. The molecule has 0 aliphatic rings. The normalized spacial score (nSPS) is 12.3. The van der Waals surface area contributed by atoms with Crippen molar-refractivity contribution in [1.82, 2.24) is 0 Å². The van der Waals surface area contributed by atoms with Gasteiger partial charge in [0.2, 0.25) is 5.69 Å². The zero-order chi connectivity index (χ0) is 27.4. The Labute approximate surface area is 212 Å². The lowest BCUT2D eigenvalue weighted by Gasteiger charge is -2.06. The Balaban J connectivity index is 1.64. The summed E-state index contributed by atoms with van der Waals surface area (Å²) in [5, 5.41) is 1.31. The molecule has 6 rings (SSSR count). The molecular formula is C32H22FN2O+. The summed E-state index contributed by atoms with van der Waals surface area (Å²) in [4.78, 5) is 3.74. The lowest BCUT2D eigenvalue weighted by atomic mass is 9.97. The number of pyridine rings is 1. The van der Waals surface area contributed by atoms with Crippen LogP contribution in [0.1, 0.15) is 9.68 Å². The maximum atomic E-state index is 14.8. The van der Waals surface area contributed by atoms with Gasteiger partial charge in [-0.25, -0.2) is 13.8 Å². The number of benzene rings is 4. The lowest BCUT2D eigenvalue weighted by Crippen LogP contribution is -2.30. The van der Waals surface area contributed by atoms with Crippen molar-refractivity contribution in [3.63, 3.8) is 0 Å². The van der Waals surface area contributed by atoms with Crippen LogP contribution in [0.25, 0.3) is 60.3 Å². The summed E-state index contributed by atoms with van der Waals surface area (Å²) in [5.74, 6) is -1.05. The molecule has 0 saturated carbocycles. The van der Waals surface area contributed by atoms with Crippen LogP contribution in [0, 0.1) is 19.3 Å². The number of aromatic nitrogens is 1. The van der Waals surface area contributed by atoms with Crippen LogP contribution >= 0.6 is 0 Å². The van der Waals surface area contributed by atoms with Gasteiger partial charge >= 0.3 is 0 Å². The van der Waals surface area contributed by atoms with E-state index in [1.165, 1.54) is 4.57 Å². The van der Waals surface area contributed by atoms with Gasteiger partial charge < -0.3 is 4.42 Å². The van der Waals surface area contributed by atoms with Crippen LogP contribution in [0.5, 0.6) is 0 Å². The molecule has 0 bridgehead atoms. The standard InChI is InChI=1S/C32H22FN2O/c1-20-9-14-26-30-27(34-2)16-15-25(23-12-10-22(11-13-23)21-7-5-4-6-8-21)31(30)36-32(26)29(20)28-19-24(33)17-18-35(28)3/h4-19H,1,3H3/q+1/i17D,18D,19D. The van der Waals surface area contributed by atoms with Crippen molar-refractivity contribution in [2.24, 2.45) is 7.05 Å². The van der Waals surface area contributed by atoms with E-state index in [0.29, 0.717) is 33.2 Å². The van der Waals surface area contributed by atoms with Gasteiger partial charge in [0.05, 0.1) is 14.9 Å². The molecule has 6 aromatic rings. The molecule has 0 aliphatic carbocycles. The molecule has 0 N–H and O–H groups in total. The molecule has 0 fully saturated rings. The zero-order valence-electron chi connectivity index (χ0n) is 22.7. The number of rotatable bonds is 3. The number of furan rings is 1. The van der Waals surface area contributed by atoms with Crippen molar-refractivity contribution in [1.29, 1.82) is 0 Å². The van der Waals surface area contributed by atoms with E-state index in [1.807, 2.05) is 67.6 Å². The minimum absolute atomic E-state index is 0.147. The van der Waals surface area contributed by atoms with Crippen molar-refractivity contribution in [2.45, 2.75) is 6.92 Å². The van der Waals surface area contributed by atoms with Gasteiger partial charge in [-0.3, -0.25) is 0 Å². The second-order valence-corrected chi connectivity index (χ2v) is 8.71. The van der Waals surface area contributed by atoms with E-state index >= 15 is 0 Å². The van der Waals surface area contributed by atoms with Gasteiger partial charge in [-0.1, -0.05) is 78.9 Å². The minimum atomic E-state index is -1.05. The van der Waals surface area contributed by atoms with E-state index in [9.17, 15) is 4.39 Å². The minimum Gasteiger partial charge on any atom is -0.456 e. The van der Waals surface area contributed by atoms with Crippen LogP contribution in [0.3, 0.4) is 0 Å². The maximum absolute atomic E-state index is 14.8. The first-order chi connectivity index (χ1) is 18.8. The quantitative estimate of drug-likeness (QED) is 0.187. The molecule has 0 radical (unpaired) electrons. The predicted molar refractivity (Wildman–Crippen MR) is 142 cm³/mol. The van der Waals surface area contributed by atoms with E-state index in [1.54, 1.807) is 13.1 Å². The van der Waals surface area contributed by atoms with Crippen LogP contribution in [-0.4, -0.2) is 0 Å². The Morgan fingerprint density at radius 2 is 1.61 bits per heavy atom. The van der Waals surface area contributed by atoms with Crippen LogP contribution in [0.4, 0.5) is 10.1 Å². The molecule has 0 aliphatic heterocycles. The number of hydrogen-bond donors (Lipinski definition) is 0. The van der Waals surface area contributed by atoms with E-state index in [-0.39, 0.29) is 11.9 Å². The Morgan fingerprint density at radius 1 is 0.889 bits per heavy atom. The van der Waals surface area contributed by atoms with Gasteiger partial charge in [0.15, 0.2) is 11.9 Å². The predicted octanol–water partition coefficient (Wildman–Crippen LogP) is 8.41. The highest BCUT2D eigenvalue weighted by Gasteiger charge is 2.23. The van der Waals surface area contributed by atoms with Crippen molar-refractivity contribution >= 4 is 27.6 Å². The molecular weight excluding hydrogens is 447 g/mol. The largest absolute Gasteiger partial charge is 0.456 e. The smallest absolute Gasteiger partial charge is 0.219 e. The summed E-state index contributed by atoms with van der Waals surface area (Å²) < 4.78 is 47.3. The molecule has 0 atom stereocenters. The second kappa shape index (κ2) is 8.48. The first-order valence-electron chi connectivity index (χ1n) is 13.0. The third kappa shape index (κ3) is 3.45. The van der Waals surface area contributed by atoms with E-state index < -0.39 is 17.9 Å². The van der Waals surface area contributed by atoms with Gasteiger partial charge in [0.1, 0.15) is 25.4 Å². The fraction of sp³-hybridized carbons (Fsp3) is 0.0625. The van der Waals surface area contributed by atoms with Crippen LogP contribution in [-0.2, 0) is 7.05 Å². The van der Waals surface area contributed by atoms with Gasteiger partial charge in [-0.05, 0) is 29.2 Å². The van der Waals surface area contributed by atoms with Crippen molar-refractivity contribution in [3.8, 4) is 33.5 Å². The molecule has 2 aromatic heterocycles. The van der Waals surface area contributed by atoms with E-state index in [0.717, 1.165) is 27.8 Å². The average Bonchev–Trinajstić information content (AvgIpc) is 3.36. The highest BCUT2D eigenvalue weighted by molar-refractivity contribution is 6.18. The fourth-order valence-electron chi connectivity index (χ4n) is 4.75. The average molecular weight is 473 g/mol. The molecule has 0 amide bonds. The SMILES string of the molecule is [2H]c1c(F)c([2H])c(-c2c(C)ccc3c2oc2c(-c4ccc(-c5ccccc5)cc4)ccc([N+]#[C-])c23)[n+](C)c1[2H]. The van der Waals surface area contributed by atoms with E-state index in [4.69, 9.17) is 15.1 Å². The lowest BCUT2D eigenvalue weighted by molar-refractivity contribution is -0.660. The summed E-state index contributed by atoms with van der Waals surface area (Å²) in [6.07, 6.45) is -0.341. The maximum Gasteiger partial charge on any atom is 0.219 e. The molecule has 0 unspecified atom stereocenters. The zero-order valence-corrected chi connectivity index (χ0v) is 19.7. The summed E-state index contributed by atoms with van der Waals surface area (Å²) in [7, 11) is 1.54. The molecule has 36 heavy (non-hydrogen) atoms. The van der Waals surface area contributed by atoms with Crippen LogP contribution in [0.2, 0.25) is 0 Å². The fourth-order valence-corrected chi connectivity index (χ4v) is 4.75. The van der Waals surface area contributed by atoms with Crippen molar-refractivity contribution in [2.75, 3.05) is 0 Å². The molecule has 4 aromatic carbocycles. The molecule has 2 heterocycles. The molecule has 4 heteroatoms. The second-order valence-electron chi connectivity index (χ2n) is 8.71. The number of aryl methyl sites for hydroxylation is 1. The summed E-state index contributed by atoms with van der Waals surface area (Å²) in [6, 6.07) is 24.5. The molecule has 172 valence electrons. The first-order valence-corrected chi connectivity index (χ1v) is 11.5. The van der Waals surface area contributed by atoms with Gasteiger partial charge in [-0.15, -0.1) is 0 Å². The first kappa shape index (κ1) is 18.6. The van der Waals surface area contributed by atoms with Gasteiger partial charge in [-0.2, -0.15) is 0 Å². The summed E-state index contributed by atoms with van der Waals surface area (Å²) in [6.45, 7) is 9.63. The Bertz CT molecular complexity index is 1950. The van der Waals surface area contributed by atoms with Crippen LogP contribution in [0.15, 0.2) is 102 Å². The third-order valence-electron chi connectivity index (χ3n) is 6.53. The summed E-state index contributed by atoms with van der Waals surface area (Å²) >= 11 is 0.